The molecule has 1 aromatic rings. The van der Waals surface area contributed by atoms with E-state index in [2.05, 4.69) is 10.3 Å². The van der Waals surface area contributed by atoms with Crippen LogP contribution in [0.3, 0.4) is 0 Å². The van der Waals surface area contributed by atoms with Crippen molar-refractivity contribution in [2.24, 2.45) is 4.99 Å². The summed E-state index contributed by atoms with van der Waals surface area (Å²) in [4.78, 5) is 28.7. The van der Waals surface area contributed by atoms with Crippen LogP contribution in [0.2, 0.25) is 0 Å². The highest BCUT2D eigenvalue weighted by atomic mass is 16.2. The second-order valence-electron chi connectivity index (χ2n) is 4.32. The van der Waals surface area contributed by atoms with E-state index in [0.717, 1.165) is 5.56 Å². The molecule has 1 aliphatic rings. The average Bonchev–Trinajstić information content (AvgIpc) is 2.59. The maximum atomic E-state index is 11.9. The van der Waals surface area contributed by atoms with E-state index in [0.29, 0.717) is 17.2 Å². The number of amidine groups is 1. The van der Waals surface area contributed by atoms with Crippen LogP contribution in [0.25, 0.3) is 6.08 Å². The Hall–Kier alpha value is -2.43. The number of carbonyl (C=O) groups excluding carboxylic acids is 2. The fourth-order valence-corrected chi connectivity index (χ4v) is 1.78. The molecule has 1 aromatic carbocycles. The molecule has 0 spiro atoms. The molecule has 19 heavy (non-hydrogen) atoms. The fraction of sp³-hybridized carbons (Fsp3) is 0.214. The van der Waals surface area contributed by atoms with Crippen molar-refractivity contribution in [3.05, 3.63) is 35.5 Å². The van der Waals surface area contributed by atoms with Crippen LogP contribution >= 0.6 is 0 Å². The van der Waals surface area contributed by atoms with Crippen LogP contribution < -0.4 is 5.32 Å². The number of likely N-dealkylation sites (N-methyl/N-ethyl adjacent to an activating group) is 1. The van der Waals surface area contributed by atoms with E-state index in [1.807, 2.05) is 18.2 Å². The van der Waals surface area contributed by atoms with Gasteiger partial charge in [-0.25, -0.2) is 4.99 Å². The quantitative estimate of drug-likeness (QED) is 0.822. The van der Waals surface area contributed by atoms with Crippen molar-refractivity contribution in [1.82, 2.24) is 4.90 Å². The van der Waals surface area contributed by atoms with Crippen LogP contribution in [0.15, 0.2) is 35.0 Å². The predicted octanol–water partition coefficient (Wildman–Crippen LogP) is 1.88. The fourth-order valence-electron chi connectivity index (χ4n) is 1.78. The first-order chi connectivity index (χ1) is 8.99. The molecule has 0 aromatic heterocycles. The summed E-state index contributed by atoms with van der Waals surface area (Å²) in [7, 11) is 1.68. The largest absolute Gasteiger partial charge is 0.326 e. The minimum absolute atomic E-state index is 0.143. The summed E-state index contributed by atoms with van der Waals surface area (Å²) >= 11 is 0. The first-order valence-corrected chi connectivity index (χ1v) is 5.90. The summed E-state index contributed by atoms with van der Waals surface area (Å²) in [6.07, 6.45) is 1.68. The topological polar surface area (TPSA) is 61.8 Å². The van der Waals surface area contributed by atoms with Gasteiger partial charge in [-0.2, -0.15) is 0 Å². The zero-order chi connectivity index (χ0) is 14.0. The highest BCUT2D eigenvalue weighted by Gasteiger charge is 2.23. The zero-order valence-corrected chi connectivity index (χ0v) is 11.1. The number of nitrogens with one attached hydrogen (secondary N) is 1. The predicted molar refractivity (Wildman–Crippen MR) is 74.6 cm³/mol. The number of benzene rings is 1. The number of para-hydroxylation sites is 1. The van der Waals surface area contributed by atoms with E-state index in [9.17, 15) is 9.59 Å². The van der Waals surface area contributed by atoms with Gasteiger partial charge in [0, 0.05) is 25.2 Å². The van der Waals surface area contributed by atoms with E-state index < -0.39 is 0 Å². The highest BCUT2D eigenvalue weighted by Crippen LogP contribution is 2.22. The van der Waals surface area contributed by atoms with Crippen molar-refractivity contribution in [3.8, 4) is 0 Å². The summed E-state index contributed by atoms with van der Waals surface area (Å²) in [5.41, 5.74) is 1.79. The van der Waals surface area contributed by atoms with Crippen molar-refractivity contribution in [3.63, 3.8) is 0 Å². The SMILES string of the molecule is CC(=O)Nc1ccccc1/C=C1\N=C(C)N(C)C1=O. The van der Waals surface area contributed by atoms with Gasteiger partial charge in [0.1, 0.15) is 11.5 Å². The molecule has 5 heteroatoms. The Morgan fingerprint density at radius 3 is 2.63 bits per heavy atom. The minimum Gasteiger partial charge on any atom is -0.326 e. The molecule has 0 unspecified atom stereocenters. The molecule has 1 N–H and O–H groups in total. The molecule has 0 fully saturated rings. The molecule has 5 nitrogen and oxygen atoms in total. The lowest BCUT2D eigenvalue weighted by atomic mass is 10.1. The van der Waals surface area contributed by atoms with Gasteiger partial charge in [0.2, 0.25) is 5.91 Å². The van der Waals surface area contributed by atoms with E-state index in [1.165, 1.54) is 11.8 Å². The smallest absolute Gasteiger partial charge is 0.277 e. The van der Waals surface area contributed by atoms with Gasteiger partial charge in [0.05, 0.1) is 0 Å². The van der Waals surface area contributed by atoms with Crippen molar-refractivity contribution in [2.45, 2.75) is 13.8 Å². The minimum atomic E-state index is -0.152. The van der Waals surface area contributed by atoms with Gasteiger partial charge in [0.25, 0.3) is 5.91 Å². The maximum absolute atomic E-state index is 11.9. The number of rotatable bonds is 2. The third kappa shape index (κ3) is 2.70. The summed E-state index contributed by atoms with van der Waals surface area (Å²) < 4.78 is 0. The Kier molecular flexibility index (Phi) is 3.46. The van der Waals surface area contributed by atoms with E-state index in [4.69, 9.17) is 0 Å². The van der Waals surface area contributed by atoms with Crippen molar-refractivity contribution in [1.29, 1.82) is 0 Å². The molecule has 2 rings (SSSR count). The Morgan fingerprint density at radius 1 is 1.37 bits per heavy atom. The Balaban J connectivity index is 2.39. The van der Waals surface area contributed by atoms with Gasteiger partial charge in [-0.05, 0) is 19.1 Å². The first kappa shape index (κ1) is 13.0. The lowest BCUT2D eigenvalue weighted by Crippen LogP contribution is -2.25. The van der Waals surface area contributed by atoms with Crippen molar-refractivity contribution < 1.29 is 9.59 Å². The van der Waals surface area contributed by atoms with Gasteiger partial charge in [-0.1, -0.05) is 18.2 Å². The third-order valence-corrected chi connectivity index (χ3v) is 2.86. The Bertz CT molecular complexity index is 602. The van der Waals surface area contributed by atoms with Crippen LogP contribution in [0.4, 0.5) is 5.69 Å². The molecular formula is C14H15N3O2. The van der Waals surface area contributed by atoms with Crippen LogP contribution in [0.5, 0.6) is 0 Å². The number of carbonyl (C=O) groups is 2. The molecule has 0 bridgehead atoms. The molecule has 1 heterocycles. The standard InChI is InChI=1S/C14H15N3O2/c1-9-15-13(14(19)17(9)3)8-11-6-4-5-7-12(11)16-10(2)18/h4-8H,1-3H3,(H,16,18)/b13-8-. The molecule has 98 valence electrons. The number of amides is 2. The lowest BCUT2D eigenvalue weighted by molar-refractivity contribution is -0.121. The zero-order valence-electron chi connectivity index (χ0n) is 11.1. The molecular weight excluding hydrogens is 242 g/mol. The summed E-state index contributed by atoms with van der Waals surface area (Å²) in [6, 6.07) is 7.28. The Labute approximate surface area is 111 Å². The summed E-state index contributed by atoms with van der Waals surface area (Å²) in [6.45, 7) is 3.22. The number of hydrogen-bond acceptors (Lipinski definition) is 3. The Morgan fingerprint density at radius 2 is 2.05 bits per heavy atom. The molecule has 1 aliphatic heterocycles. The second-order valence-corrected chi connectivity index (χ2v) is 4.32. The number of hydrogen-bond donors (Lipinski definition) is 1. The van der Waals surface area contributed by atoms with Crippen molar-refractivity contribution >= 4 is 29.4 Å². The number of anilines is 1. The van der Waals surface area contributed by atoms with Crippen LogP contribution in [-0.4, -0.2) is 29.6 Å². The molecule has 2 amide bonds. The summed E-state index contributed by atoms with van der Waals surface area (Å²) in [5.74, 6) is 0.365. The number of aliphatic imine (C=N–C) groups is 1. The molecule has 0 aliphatic carbocycles. The molecule has 0 radical (unpaired) electrons. The third-order valence-electron chi connectivity index (χ3n) is 2.86. The molecule has 0 atom stereocenters. The molecule has 0 saturated heterocycles. The second kappa shape index (κ2) is 5.06. The normalized spacial score (nSPS) is 16.8. The van der Waals surface area contributed by atoms with Gasteiger partial charge in [0.15, 0.2) is 0 Å². The highest BCUT2D eigenvalue weighted by molar-refractivity contribution is 6.13. The van der Waals surface area contributed by atoms with Crippen LogP contribution in [0, 0.1) is 0 Å². The average molecular weight is 257 g/mol. The van der Waals surface area contributed by atoms with Gasteiger partial charge >= 0.3 is 0 Å². The number of nitrogens with zero attached hydrogens (tertiary/aromatic N) is 2. The monoisotopic (exact) mass is 257 g/mol. The van der Waals surface area contributed by atoms with Gasteiger partial charge in [-0.15, -0.1) is 0 Å². The summed E-state index contributed by atoms with van der Waals surface area (Å²) in [5, 5.41) is 2.73. The maximum Gasteiger partial charge on any atom is 0.277 e. The lowest BCUT2D eigenvalue weighted by Gasteiger charge is -2.07. The van der Waals surface area contributed by atoms with E-state index >= 15 is 0 Å². The van der Waals surface area contributed by atoms with E-state index in [-0.39, 0.29) is 11.8 Å². The van der Waals surface area contributed by atoms with Crippen LogP contribution in [-0.2, 0) is 9.59 Å². The van der Waals surface area contributed by atoms with Gasteiger partial charge in [-0.3, -0.25) is 14.5 Å². The van der Waals surface area contributed by atoms with Crippen molar-refractivity contribution in [2.75, 3.05) is 12.4 Å². The molecule has 0 saturated carbocycles. The van der Waals surface area contributed by atoms with Gasteiger partial charge < -0.3 is 5.32 Å². The van der Waals surface area contributed by atoms with Crippen LogP contribution in [0.1, 0.15) is 19.4 Å². The van der Waals surface area contributed by atoms with E-state index in [1.54, 1.807) is 26.1 Å². The first-order valence-electron chi connectivity index (χ1n) is 5.90.